The average Bonchev–Trinajstić information content (AvgIpc) is 2.15. The third-order valence-electron chi connectivity index (χ3n) is 1.61. The summed E-state index contributed by atoms with van der Waals surface area (Å²) in [5.74, 6) is -0.236. The Labute approximate surface area is 70.5 Å². The predicted octanol–water partition coefficient (Wildman–Crippen LogP) is -0.939. The molecule has 2 N–H and O–H groups in total. The first-order chi connectivity index (χ1) is 5.84. The van der Waals surface area contributed by atoms with E-state index in [9.17, 15) is 9.18 Å². The molecule has 0 aliphatic carbocycles. The molecular weight excluding hydrogens is 163 g/mol. The Morgan fingerprint density at radius 3 is 3.17 bits per heavy atom. The zero-order valence-corrected chi connectivity index (χ0v) is 6.81. The topological polar surface area (TPSA) is 50.4 Å². The van der Waals surface area contributed by atoms with E-state index >= 15 is 0 Å². The number of nitrogens with one attached hydrogen (secondary N) is 2. The summed E-state index contributed by atoms with van der Waals surface area (Å²) in [4.78, 5) is 11.1. The fourth-order valence-corrected chi connectivity index (χ4v) is 1.02. The van der Waals surface area contributed by atoms with E-state index in [2.05, 4.69) is 10.6 Å². The van der Waals surface area contributed by atoms with Gasteiger partial charge in [0.1, 0.15) is 12.8 Å². The van der Waals surface area contributed by atoms with E-state index in [-0.39, 0.29) is 12.5 Å². The first-order valence-corrected chi connectivity index (χ1v) is 4.00. The first kappa shape index (κ1) is 9.41. The number of ether oxygens (including phenoxy) is 1. The summed E-state index contributed by atoms with van der Waals surface area (Å²) in [6.07, 6.45) is -0.453. The van der Waals surface area contributed by atoms with Gasteiger partial charge in [0, 0.05) is 19.6 Å². The van der Waals surface area contributed by atoms with E-state index < -0.39 is 12.8 Å². The minimum Gasteiger partial charge on any atom is -0.366 e. The maximum atomic E-state index is 11.6. The number of halogens is 1. The predicted molar refractivity (Wildman–Crippen MR) is 41.6 cm³/mol. The molecule has 1 heterocycles. The van der Waals surface area contributed by atoms with Gasteiger partial charge in [0.15, 0.2) is 0 Å². The van der Waals surface area contributed by atoms with Crippen LogP contribution in [0.25, 0.3) is 0 Å². The molecule has 1 fully saturated rings. The van der Waals surface area contributed by atoms with Crippen molar-refractivity contribution in [1.82, 2.24) is 10.6 Å². The highest BCUT2D eigenvalue weighted by atomic mass is 19.1. The van der Waals surface area contributed by atoms with Crippen LogP contribution >= 0.6 is 0 Å². The maximum absolute atomic E-state index is 11.6. The van der Waals surface area contributed by atoms with Gasteiger partial charge in [-0.1, -0.05) is 0 Å². The molecule has 1 rings (SSSR count). The molecule has 70 valence electrons. The van der Waals surface area contributed by atoms with Crippen molar-refractivity contribution in [3.63, 3.8) is 0 Å². The number of carbonyl (C=O) groups is 1. The van der Waals surface area contributed by atoms with Gasteiger partial charge < -0.3 is 15.4 Å². The van der Waals surface area contributed by atoms with Crippen LogP contribution in [0.4, 0.5) is 4.39 Å². The lowest BCUT2D eigenvalue weighted by atomic mass is 10.3. The summed E-state index contributed by atoms with van der Waals surface area (Å²) in [5, 5.41) is 5.44. The van der Waals surface area contributed by atoms with Crippen LogP contribution in [0.1, 0.15) is 0 Å². The highest BCUT2D eigenvalue weighted by Crippen LogP contribution is 1.95. The van der Waals surface area contributed by atoms with E-state index in [4.69, 9.17) is 4.74 Å². The summed E-state index contributed by atoms with van der Waals surface area (Å²) >= 11 is 0. The monoisotopic (exact) mass is 176 g/mol. The van der Waals surface area contributed by atoms with Gasteiger partial charge in [-0.3, -0.25) is 4.79 Å². The third kappa shape index (κ3) is 2.75. The van der Waals surface area contributed by atoms with E-state index in [1.807, 2.05) is 0 Å². The number of hydrogen-bond donors (Lipinski definition) is 2. The van der Waals surface area contributed by atoms with Gasteiger partial charge in [-0.15, -0.1) is 0 Å². The van der Waals surface area contributed by atoms with E-state index in [0.29, 0.717) is 13.2 Å². The van der Waals surface area contributed by atoms with Crippen molar-refractivity contribution in [3.8, 4) is 0 Å². The summed E-state index contributed by atoms with van der Waals surface area (Å²) in [5.41, 5.74) is 0. The van der Waals surface area contributed by atoms with Crippen LogP contribution in [0, 0.1) is 0 Å². The van der Waals surface area contributed by atoms with Crippen LogP contribution in [-0.4, -0.2) is 44.9 Å². The fraction of sp³-hybridized carbons (Fsp3) is 0.857. The van der Waals surface area contributed by atoms with Gasteiger partial charge in [-0.25, -0.2) is 4.39 Å². The molecule has 0 aromatic carbocycles. The highest BCUT2D eigenvalue weighted by Gasteiger charge is 2.20. The summed E-state index contributed by atoms with van der Waals surface area (Å²) in [7, 11) is 0. The molecule has 1 aliphatic heterocycles. The van der Waals surface area contributed by atoms with Crippen molar-refractivity contribution in [1.29, 1.82) is 0 Å². The van der Waals surface area contributed by atoms with Crippen LogP contribution in [0.15, 0.2) is 0 Å². The van der Waals surface area contributed by atoms with Gasteiger partial charge >= 0.3 is 0 Å². The van der Waals surface area contributed by atoms with Crippen molar-refractivity contribution in [2.45, 2.75) is 6.10 Å². The molecule has 0 bridgehead atoms. The minimum absolute atomic E-state index is 0.0681. The van der Waals surface area contributed by atoms with Crippen molar-refractivity contribution in [2.75, 3.05) is 32.9 Å². The zero-order valence-electron chi connectivity index (χ0n) is 6.81. The summed E-state index contributed by atoms with van der Waals surface area (Å²) in [6, 6.07) is 0. The van der Waals surface area contributed by atoms with Crippen LogP contribution < -0.4 is 10.6 Å². The van der Waals surface area contributed by atoms with Crippen LogP contribution in [-0.2, 0) is 9.53 Å². The number of rotatable bonds is 3. The molecular formula is C7H13FN2O2. The van der Waals surface area contributed by atoms with Crippen molar-refractivity contribution in [2.24, 2.45) is 0 Å². The Morgan fingerprint density at radius 1 is 1.75 bits per heavy atom. The van der Waals surface area contributed by atoms with Gasteiger partial charge in [0.25, 0.3) is 5.91 Å². The number of amides is 1. The first-order valence-electron chi connectivity index (χ1n) is 4.00. The molecule has 0 spiro atoms. The molecule has 0 saturated carbocycles. The number of carbonyl (C=O) groups excluding carboxylic acids is 1. The van der Waals surface area contributed by atoms with E-state index in [1.165, 1.54) is 0 Å². The molecule has 0 aromatic heterocycles. The average molecular weight is 176 g/mol. The molecule has 1 aliphatic rings. The van der Waals surface area contributed by atoms with Gasteiger partial charge in [0.05, 0.1) is 6.61 Å². The number of morpholine rings is 1. The van der Waals surface area contributed by atoms with Crippen LogP contribution in [0.2, 0.25) is 0 Å². The lowest BCUT2D eigenvalue weighted by molar-refractivity contribution is -0.134. The molecule has 1 unspecified atom stereocenters. The Hall–Kier alpha value is -0.680. The second kappa shape index (κ2) is 5.05. The summed E-state index contributed by atoms with van der Waals surface area (Å²) in [6.45, 7) is 1.35. The fourth-order valence-electron chi connectivity index (χ4n) is 1.02. The molecule has 4 nitrogen and oxygen atoms in total. The molecule has 0 aromatic rings. The van der Waals surface area contributed by atoms with Crippen molar-refractivity contribution < 1.29 is 13.9 Å². The molecule has 1 atom stereocenters. The Balaban J connectivity index is 2.20. The Kier molecular flexibility index (Phi) is 3.96. The van der Waals surface area contributed by atoms with E-state index in [1.54, 1.807) is 0 Å². The van der Waals surface area contributed by atoms with E-state index in [0.717, 1.165) is 6.54 Å². The molecule has 1 amide bonds. The third-order valence-corrected chi connectivity index (χ3v) is 1.61. The van der Waals surface area contributed by atoms with Gasteiger partial charge in [0.2, 0.25) is 0 Å². The lowest BCUT2D eigenvalue weighted by Crippen LogP contribution is -2.48. The van der Waals surface area contributed by atoms with Crippen LogP contribution in [0.5, 0.6) is 0 Å². The standard InChI is InChI=1S/C7H13FN2O2/c8-1-2-10-7(11)6-5-9-3-4-12-6/h6,9H,1-5H2,(H,10,11). The molecule has 5 heteroatoms. The Morgan fingerprint density at radius 2 is 2.58 bits per heavy atom. The second-order valence-corrected chi connectivity index (χ2v) is 2.54. The summed E-state index contributed by atoms with van der Waals surface area (Å²) < 4.78 is 16.8. The van der Waals surface area contributed by atoms with Gasteiger partial charge in [-0.2, -0.15) is 0 Å². The van der Waals surface area contributed by atoms with Crippen molar-refractivity contribution >= 4 is 5.91 Å². The number of hydrogen-bond acceptors (Lipinski definition) is 3. The van der Waals surface area contributed by atoms with Crippen molar-refractivity contribution in [3.05, 3.63) is 0 Å². The SMILES string of the molecule is O=C(NCCF)C1CNCCO1. The largest absolute Gasteiger partial charge is 0.366 e. The Bertz CT molecular complexity index is 148. The highest BCUT2D eigenvalue weighted by molar-refractivity contribution is 5.81. The van der Waals surface area contributed by atoms with Crippen LogP contribution in [0.3, 0.4) is 0 Å². The quantitative estimate of drug-likeness (QED) is 0.583. The zero-order chi connectivity index (χ0) is 8.81. The second-order valence-electron chi connectivity index (χ2n) is 2.54. The molecule has 1 saturated heterocycles. The normalized spacial score (nSPS) is 23.6. The lowest BCUT2D eigenvalue weighted by Gasteiger charge is -2.22. The molecule has 12 heavy (non-hydrogen) atoms. The molecule has 0 radical (unpaired) electrons. The minimum atomic E-state index is -0.536. The van der Waals surface area contributed by atoms with Gasteiger partial charge in [-0.05, 0) is 0 Å². The number of alkyl halides is 1. The smallest absolute Gasteiger partial charge is 0.250 e. The maximum Gasteiger partial charge on any atom is 0.250 e.